The zero-order chi connectivity index (χ0) is 17.4. The van der Waals surface area contributed by atoms with Gasteiger partial charge in [0.05, 0.1) is 0 Å². The summed E-state index contributed by atoms with van der Waals surface area (Å²) in [6.45, 7) is 9.82. The molecule has 1 saturated carbocycles. The predicted octanol–water partition coefficient (Wildman–Crippen LogP) is 4.97. The van der Waals surface area contributed by atoms with Crippen molar-refractivity contribution in [3.05, 3.63) is 47.0 Å². The molecule has 1 aromatic heterocycles. The number of fused-ring (bicyclic) bond motifs is 6. The summed E-state index contributed by atoms with van der Waals surface area (Å²) in [7, 11) is 0. The summed E-state index contributed by atoms with van der Waals surface area (Å²) in [6.07, 6.45) is 7.77. The lowest BCUT2D eigenvalue weighted by Gasteiger charge is -2.51. The molecule has 1 N–H and O–H groups in total. The number of aromatic nitrogens is 1. The minimum Gasteiger partial charge on any atom is -0.355 e. The molecule has 1 fully saturated rings. The van der Waals surface area contributed by atoms with E-state index in [0.29, 0.717) is 22.7 Å². The van der Waals surface area contributed by atoms with Crippen LogP contribution in [0.25, 0.3) is 33.8 Å². The van der Waals surface area contributed by atoms with Crippen LogP contribution >= 0.6 is 0 Å². The maximum absolute atomic E-state index is 3.72. The Kier molecular flexibility index (Phi) is 2.92. The van der Waals surface area contributed by atoms with E-state index in [1.54, 1.807) is 0 Å². The number of H-pyrrole nitrogens is 1. The number of rotatable bonds is 0. The first-order chi connectivity index (χ1) is 11.9. The van der Waals surface area contributed by atoms with Gasteiger partial charge in [0.1, 0.15) is 0 Å². The van der Waals surface area contributed by atoms with Crippen LogP contribution in [-0.4, -0.2) is 4.98 Å². The van der Waals surface area contributed by atoms with Crippen molar-refractivity contribution in [3.8, 4) is 0 Å². The van der Waals surface area contributed by atoms with Crippen LogP contribution in [0.1, 0.15) is 40.5 Å². The molecule has 2 unspecified atom stereocenters. The summed E-state index contributed by atoms with van der Waals surface area (Å²) >= 11 is 0. The van der Waals surface area contributed by atoms with E-state index in [1.807, 2.05) is 0 Å². The van der Waals surface area contributed by atoms with Gasteiger partial charge in [-0.05, 0) is 52.3 Å². The Balaban J connectivity index is 1.89. The first kappa shape index (κ1) is 15.3. The van der Waals surface area contributed by atoms with E-state index in [4.69, 9.17) is 0 Å². The molecule has 5 rings (SSSR count). The Hall–Kier alpha value is -2.02. The summed E-state index contributed by atoms with van der Waals surface area (Å²) in [6, 6.07) is 13.3. The second-order valence-electron chi connectivity index (χ2n) is 9.52. The van der Waals surface area contributed by atoms with Gasteiger partial charge in [-0.15, -0.1) is 0 Å². The molecule has 1 heteroatoms. The van der Waals surface area contributed by atoms with Crippen LogP contribution in [0.5, 0.6) is 0 Å². The fraction of sp³-hybridized carbons (Fsp3) is 0.417. The van der Waals surface area contributed by atoms with E-state index in [1.165, 1.54) is 45.1 Å². The summed E-state index contributed by atoms with van der Waals surface area (Å²) < 4.78 is 0. The van der Waals surface area contributed by atoms with Gasteiger partial charge in [-0.3, -0.25) is 0 Å². The first-order valence-electron chi connectivity index (χ1n) is 9.60. The Bertz CT molecular complexity index is 1110. The second kappa shape index (κ2) is 4.78. The van der Waals surface area contributed by atoms with E-state index in [2.05, 4.69) is 81.2 Å². The number of aromatic amines is 1. The molecule has 2 atom stereocenters. The molecule has 128 valence electrons. The predicted molar refractivity (Wildman–Crippen MR) is 108 cm³/mol. The Morgan fingerprint density at radius 1 is 0.840 bits per heavy atom. The number of benzene rings is 2. The van der Waals surface area contributed by atoms with Crippen molar-refractivity contribution in [2.75, 3.05) is 0 Å². The second-order valence-corrected chi connectivity index (χ2v) is 9.52. The average Bonchev–Trinajstić information content (AvgIpc) is 2.96. The Morgan fingerprint density at radius 3 is 2.28 bits per heavy atom. The minimum absolute atomic E-state index is 0.364. The molecular weight excluding hydrogens is 302 g/mol. The van der Waals surface area contributed by atoms with Crippen molar-refractivity contribution in [1.29, 1.82) is 0 Å². The summed E-state index contributed by atoms with van der Waals surface area (Å²) in [5, 5.41) is 6.86. The first-order valence-corrected chi connectivity index (χ1v) is 9.60. The van der Waals surface area contributed by atoms with E-state index in [9.17, 15) is 0 Å². The van der Waals surface area contributed by atoms with Crippen molar-refractivity contribution < 1.29 is 0 Å². The van der Waals surface area contributed by atoms with E-state index >= 15 is 0 Å². The molecule has 2 aliphatic rings. The van der Waals surface area contributed by atoms with Crippen LogP contribution in [0.4, 0.5) is 0 Å². The Labute approximate surface area is 149 Å². The average molecular weight is 329 g/mol. The van der Waals surface area contributed by atoms with Crippen LogP contribution in [0.15, 0.2) is 36.4 Å². The monoisotopic (exact) mass is 329 g/mol. The van der Waals surface area contributed by atoms with Gasteiger partial charge in [0, 0.05) is 21.5 Å². The van der Waals surface area contributed by atoms with Gasteiger partial charge in [-0.2, -0.15) is 0 Å². The van der Waals surface area contributed by atoms with Gasteiger partial charge in [0.25, 0.3) is 0 Å². The van der Waals surface area contributed by atoms with Gasteiger partial charge >= 0.3 is 0 Å². The molecule has 25 heavy (non-hydrogen) atoms. The summed E-state index contributed by atoms with van der Waals surface area (Å²) in [4.78, 5) is 3.72. The van der Waals surface area contributed by atoms with E-state index in [-0.39, 0.29) is 0 Å². The molecule has 2 aromatic carbocycles. The van der Waals surface area contributed by atoms with Crippen LogP contribution in [0.2, 0.25) is 0 Å². The molecule has 1 nitrogen and oxygen atoms in total. The van der Waals surface area contributed by atoms with Crippen LogP contribution in [-0.2, 0) is 0 Å². The Morgan fingerprint density at radius 2 is 1.52 bits per heavy atom. The van der Waals surface area contributed by atoms with Crippen LogP contribution < -0.4 is 10.6 Å². The van der Waals surface area contributed by atoms with Crippen molar-refractivity contribution >= 4 is 33.8 Å². The van der Waals surface area contributed by atoms with Crippen molar-refractivity contribution in [3.63, 3.8) is 0 Å². The molecule has 2 aliphatic carbocycles. The highest BCUT2D eigenvalue weighted by Gasteiger charge is 2.46. The molecule has 0 amide bonds. The quantitative estimate of drug-likeness (QED) is 0.599. The number of hydrogen-bond donors (Lipinski definition) is 1. The standard InChI is InChI=1S/C24H27N/c1-23(2)11-12-24(3,4)19-14-21-17(13-18(19)23)22-16-8-6-5-7-15(16)9-10-20(22)25-21/h5-10,13-14,18-19,25H,11-12H2,1-4H3. The summed E-state index contributed by atoms with van der Waals surface area (Å²) in [5.74, 6) is 1.23. The molecule has 0 saturated heterocycles. The molecule has 0 radical (unpaired) electrons. The highest BCUT2D eigenvalue weighted by molar-refractivity contribution is 6.07. The molecular formula is C24H27N. The van der Waals surface area contributed by atoms with Crippen LogP contribution in [0, 0.1) is 22.7 Å². The van der Waals surface area contributed by atoms with Gasteiger partial charge in [0.2, 0.25) is 0 Å². The van der Waals surface area contributed by atoms with Gasteiger partial charge < -0.3 is 4.98 Å². The third-order valence-electron chi connectivity index (χ3n) is 7.06. The molecule has 0 aliphatic heterocycles. The lowest BCUT2D eigenvalue weighted by molar-refractivity contribution is 0.0504. The van der Waals surface area contributed by atoms with E-state index in [0.717, 1.165) is 0 Å². The third-order valence-corrected chi connectivity index (χ3v) is 7.06. The maximum atomic E-state index is 3.72. The van der Waals surface area contributed by atoms with Crippen molar-refractivity contribution in [2.24, 2.45) is 22.7 Å². The van der Waals surface area contributed by atoms with Crippen molar-refractivity contribution in [2.45, 2.75) is 40.5 Å². The van der Waals surface area contributed by atoms with E-state index < -0.39 is 0 Å². The number of hydrogen-bond acceptors (Lipinski definition) is 0. The maximum Gasteiger partial charge on any atom is 0.0471 e. The zero-order valence-corrected chi connectivity index (χ0v) is 15.7. The lowest BCUT2D eigenvalue weighted by Crippen LogP contribution is -2.47. The largest absolute Gasteiger partial charge is 0.355 e. The molecule has 0 spiro atoms. The topological polar surface area (TPSA) is 15.8 Å². The highest BCUT2D eigenvalue weighted by atomic mass is 14.7. The fourth-order valence-electron chi connectivity index (χ4n) is 5.29. The SMILES string of the molecule is CC1(C)CCC(C)(C)C2C=c3c([nH]c4ccc5ccccc5c34)=CC21. The van der Waals surface area contributed by atoms with Gasteiger partial charge in [-0.25, -0.2) is 0 Å². The molecule has 0 bridgehead atoms. The van der Waals surface area contributed by atoms with Gasteiger partial charge in [0.15, 0.2) is 0 Å². The summed E-state index contributed by atoms with van der Waals surface area (Å²) in [5.41, 5.74) is 2.00. The normalized spacial score (nSPS) is 26.6. The molecule has 3 aromatic rings. The highest BCUT2D eigenvalue weighted by Crippen LogP contribution is 2.54. The fourth-order valence-corrected chi connectivity index (χ4v) is 5.29. The minimum atomic E-state index is 0.364. The third kappa shape index (κ3) is 2.08. The number of nitrogens with one attached hydrogen (secondary N) is 1. The van der Waals surface area contributed by atoms with Crippen molar-refractivity contribution in [1.82, 2.24) is 4.98 Å². The molecule has 1 heterocycles. The van der Waals surface area contributed by atoms with Crippen LogP contribution in [0.3, 0.4) is 0 Å². The zero-order valence-electron chi connectivity index (χ0n) is 15.7. The lowest BCUT2D eigenvalue weighted by atomic mass is 9.54. The van der Waals surface area contributed by atoms with Gasteiger partial charge in [-0.1, -0.05) is 70.2 Å². The smallest absolute Gasteiger partial charge is 0.0471 e.